The van der Waals surface area contributed by atoms with Gasteiger partial charge in [0.15, 0.2) is 0 Å². The second-order valence-electron chi connectivity index (χ2n) is 7.92. The van der Waals surface area contributed by atoms with Crippen molar-refractivity contribution in [2.24, 2.45) is 0 Å². The zero-order chi connectivity index (χ0) is 20.7. The Morgan fingerprint density at radius 2 is 1.70 bits per heavy atom. The molecule has 2 fully saturated rings. The van der Waals surface area contributed by atoms with Crippen molar-refractivity contribution in [1.82, 2.24) is 10.2 Å². The Hall–Kier alpha value is -1.86. The molecule has 2 aliphatic heterocycles. The Kier molecular flexibility index (Phi) is 7.44. The molecule has 0 spiro atoms. The highest BCUT2D eigenvalue weighted by Gasteiger charge is 2.40. The van der Waals surface area contributed by atoms with E-state index in [1.54, 1.807) is 0 Å². The van der Waals surface area contributed by atoms with Crippen LogP contribution in [-0.4, -0.2) is 67.3 Å². The van der Waals surface area contributed by atoms with Gasteiger partial charge < -0.3 is 14.8 Å². The lowest BCUT2D eigenvalue weighted by atomic mass is 9.95. The van der Waals surface area contributed by atoms with Gasteiger partial charge in [-0.15, -0.1) is 0 Å². The highest BCUT2D eigenvalue weighted by molar-refractivity contribution is 7.99. The number of benzene rings is 2. The first-order valence-electron chi connectivity index (χ1n) is 10.7. The third kappa shape index (κ3) is 5.24. The smallest absolute Gasteiger partial charge is 0.246 e. The van der Waals surface area contributed by atoms with Crippen LogP contribution in [0.3, 0.4) is 0 Å². The maximum absolute atomic E-state index is 12.7. The van der Waals surface area contributed by atoms with Crippen molar-refractivity contribution in [3.63, 3.8) is 0 Å². The predicted octanol–water partition coefficient (Wildman–Crippen LogP) is 3.12. The molecule has 0 bridgehead atoms. The monoisotopic (exact) mass is 426 g/mol. The third-order valence-electron chi connectivity index (χ3n) is 5.96. The normalized spacial score (nSPS) is 22.3. The fourth-order valence-electron chi connectivity index (χ4n) is 4.25. The lowest BCUT2D eigenvalue weighted by molar-refractivity contribution is -0.127. The number of nitrogens with one attached hydrogen (secondary N) is 1. The summed E-state index contributed by atoms with van der Waals surface area (Å²) in [5.74, 6) is 2.15. The average Bonchev–Trinajstić information content (AvgIpc) is 3.30. The molecule has 1 atom stereocenters. The summed E-state index contributed by atoms with van der Waals surface area (Å²) >= 11 is 1.97. The second-order valence-corrected chi connectivity index (χ2v) is 9.02. The molecule has 30 heavy (non-hydrogen) atoms. The van der Waals surface area contributed by atoms with Gasteiger partial charge in [0.1, 0.15) is 12.7 Å². The van der Waals surface area contributed by atoms with E-state index >= 15 is 0 Å². The van der Waals surface area contributed by atoms with E-state index in [0.717, 1.165) is 55.4 Å². The van der Waals surface area contributed by atoms with E-state index in [1.807, 2.05) is 72.4 Å². The van der Waals surface area contributed by atoms with Gasteiger partial charge in [0.25, 0.3) is 0 Å². The molecule has 0 aromatic heterocycles. The minimum absolute atomic E-state index is 0.0424. The first-order chi connectivity index (χ1) is 14.8. The van der Waals surface area contributed by atoms with Crippen LogP contribution < -0.4 is 5.32 Å². The highest BCUT2D eigenvalue weighted by Crippen LogP contribution is 2.33. The molecule has 1 N–H and O–H groups in total. The molecule has 160 valence electrons. The molecule has 0 unspecified atom stereocenters. The Morgan fingerprint density at radius 3 is 2.27 bits per heavy atom. The van der Waals surface area contributed by atoms with Gasteiger partial charge in [0.2, 0.25) is 5.91 Å². The highest BCUT2D eigenvalue weighted by atomic mass is 32.2. The van der Waals surface area contributed by atoms with Gasteiger partial charge in [0.05, 0.1) is 13.2 Å². The summed E-state index contributed by atoms with van der Waals surface area (Å²) in [5, 5.41) is 3.16. The zero-order valence-corrected chi connectivity index (χ0v) is 18.1. The van der Waals surface area contributed by atoms with Crippen LogP contribution in [-0.2, 0) is 14.3 Å². The number of nitrogens with zero attached hydrogens (tertiary/aromatic N) is 1. The van der Waals surface area contributed by atoms with Crippen LogP contribution in [0.2, 0.25) is 0 Å². The molecule has 2 saturated heterocycles. The van der Waals surface area contributed by atoms with E-state index in [-0.39, 0.29) is 24.2 Å². The van der Waals surface area contributed by atoms with Crippen LogP contribution in [0.4, 0.5) is 0 Å². The van der Waals surface area contributed by atoms with Gasteiger partial charge in [-0.25, -0.2) is 0 Å². The van der Waals surface area contributed by atoms with Crippen molar-refractivity contribution in [1.29, 1.82) is 0 Å². The van der Waals surface area contributed by atoms with Crippen LogP contribution in [0.25, 0.3) is 0 Å². The van der Waals surface area contributed by atoms with Crippen molar-refractivity contribution in [2.75, 3.05) is 51.0 Å². The summed E-state index contributed by atoms with van der Waals surface area (Å²) in [6, 6.07) is 20.1. The first kappa shape index (κ1) is 21.4. The maximum Gasteiger partial charge on any atom is 0.246 e. The van der Waals surface area contributed by atoms with Gasteiger partial charge in [0, 0.05) is 30.9 Å². The summed E-state index contributed by atoms with van der Waals surface area (Å²) in [6.45, 7) is 4.15. The minimum atomic E-state index is -0.256. The maximum atomic E-state index is 12.7. The van der Waals surface area contributed by atoms with Gasteiger partial charge in [-0.1, -0.05) is 60.7 Å². The van der Waals surface area contributed by atoms with Crippen LogP contribution in [0.15, 0.2) is 60.7 Å². The number of rotatable bonds is 8. The summed E-state index contributed by atoms with van der Waals surface area (Å²) in [7, 11) is 0. The molecular weight excluding hydrogens is 396 g/mol. The van der Waals surface area contributed by atoms with E-state index in [1.165, 1.54) is 0 Å². The van der Waals surface area contributed by atoms with E-state index in [4.69, 9.17) is 9.47 Å². The molecule has 2 aliphatic rings. The van der Waals surface area contributed by atoms with E-state index < -0.39 is 0 Å². The van der Waals surface area contributed by atoms with Crippen LogP contribution in [0.5, 0.6) is 0 Å². The molecule has 4 rings (SSSR count). The average molecular weight is 427 g/mol. The van der Waals surface area contributed by atoms with Gasteiger partial charge in [-0.3, -0.25) is 9.69 Å². The SMILES string of the molecule is O=C(COC(c1ccccc1)c1ccccc1)NC[C@@]1(N2CCOCC2)CCSC1. The van der Waals surface area contributed by atoms with Crippen molar-refractivity contribution < 1.29 is 14.3 Å². The summed E-state index contributed by atoms with van der Waals surface area (Å²) in [6.07, 6.45) is 0.850. The standard InChI is InChI=1S/C24H30N2O3S/c27-22(25-18-24(11-16-30-19-24)26-12-14-28-15-13-26)17-29-23(20-7-3-1-4-8-20)21-9-5-2-6-10-21/h1-10,23H,11-19H2,(H,25,27)/t24-/m0/s1. The largest absolute Gasteiger partial charge is 0.379 e. The summed E-state index contributed by atoms with van der Waals surface area (Å²) in [5.41, 5.74) is 2.14. The number of hydrogen-bond donors (Lipinski definition) is 1. The van der Waals surface area contributed by atoms with Gasteiger partial charge >= 0.3 is 0 Å². The molecule has 0 radical (unpaired) electrons. The molecule has 0 saturated carbocycles. The predicted molar refractivity (Wildman–Crippen MR) is 121 cm³/mol. The van der Waals surface area contributed by atoms with Crippen molar-refractivity contribution in [3.05, 3.63) is 71.8 Å². The number of ether oxygens (including phenoxy) is 2. The van der Waals surface area contributed by atoms with Crippen molar-refractivity contribution >= 4 is 17.7 Å². The van der Waals surface area contributed by atoms with Gasteiger partial charge in [-0.2, -0.15) is 11.8 Å². The summed E-state index contributed by atoms with van der Waals surface area (Å²) < 4.78 is 11.6. The minimum Gasteiger partial charge on any atom is -0.379 e. The number of hydrogen-bond acceptors (Lipinski definition) is 5. The number of thioether (sulfide) groups is 1. The fourth-order valence-corrected chi connectivity index (χ4v) is 5.73. The quantitative estimate of drug-likeness (QED) is 0.703. The Morgan fingerprint density at radius 1 is 1.07 bits per heavy atom. The number of carbonyl (C=O) groups is 1. The Labute approximate surface area is 183 Å². The Balaban J connectivity index is 1.36. The summed E-state index contributed by atoms with van der Waals surface area (Å²) in [4.78, 5) is 15.2. The molecule has 0 aliphatic carbocycles. The third-order valence-corrected chi connectivity index (χ3v) is 7.20. The van der Waals surface area contributed by atoms with E-state index in [0.29, 0.717) is 6.54 Å². The molecule has 2 aromatic carbocycles. The molecule has 5 nitrogen and oxygen atoms in total. The number of carbonyl (C=O) groups excluding carboxylic acids is 1. The molecule has 1 amide bonds. The van der Waals surface area contributed by atoms with Crippen molar-refractivity contribution in [2.45, 2.75) is 18.1 Å². The van der Waals surface area contributed by atoms with Crippen LogP contribution in [0, 0.1) is 0 Å². The first-order valence-corrected chi connectivity index (χ1v) is 11.8. The van der Waals surface area contributed by atoms with Crippen LogP contribution in [0.1, 0.15) is 23.7 Å². The molecular formula is C24H30N2O3S. The number of morpholine rings is 1. The van der Waals surface area contributed by atoms with E-state index in [2.05, 4.69) is 10.2 Å². The van der Waals surface area contributed by atoms with Crippen LogP contribution >= 0.6 is 11.8 Å². The second kappa shape index (κ2) is 10.4. The lowest BCUT2D eigenvalue weighted by Gasteiger charge is -2.43. The molecule has 6 heteroatoms. The zero-order valence-electron chi connectivity index (χ0n) is 17.3. The topological polar surface area (TPSA) is 50.8 Å². The fraction of sp³-hybridized carbons (Fsp3) is 0.458. The van der Waals surface area contributed by atoms with Crippen molar-refractivity contribution in [3.8, 4) is 0 Å². The molecule has 2 aromatic rings. The molecule has 2 heterocycles. The Bertz CT molecular complexity index is 751. The van der Waals surface area contributed by atoms with Gasteiger partial charge in [-0.05, 0) is 23.3 Å². The van der Waals surface area contributed by atoms with E-state index in [9.17, 15) is 4.79 Å². The lowest BCUT2D eigenvalue weighted by Crippen LogP contribution is -2.59. The number of amides is 1.